The number of rotatable bonds is 2. The fraction of sp³-hybridized carbons (Fsp3) is 0.412. The number of amides is 1. The van der Waals surface area contributed by atoms with E-state index in [1.807, 2.05) is 0 Å². The van der Waals surface area contributed by atoms with Gasteiger partial charge in [-0.15, -0.1) is 0 Å². The van der Waals surface area contributed by atoms with Gasteiger partial charge in [0.15, 0.2) is 0 Å². The van der Waals surface area contributed by atoms with Crippen LogP contribution in [0.5, 0.6) is 0 Å². The third-order valence-corrected chi connectivity index (χ3v) is 4.93. The Morgan fingerprint density at radius 1 is 1.13 bits per heavy atom. The van der Waals surface area contributed by atoms with Crippen LogP contribution in [0.3, 0.4) is 0 Å². The zero-order chi connectivity index (χ0) is 16.0. The first kappa shape index (κ1) is 14.2. The normalized spacial score (nSPS) is 21.3. The lowest BCUT2D eigenvalue weighted by atomic mass is 9.87. The number of fused-ring (bicyclic) bond motifs is 1. The quantitative estimate of drug-likeness (QED) is 0.895. The number of hydrogen-bond acceptors (Lipinski definition) is 2. The molecule has 1 aromatic carbocycles. The van der Waals surface area contributed by atoms with Gasteiger partial charge in [-0.05, 0) is 24.5 Å². The van der Waals surface area contributed by atoms with E-state index in [4.69, 9.17) is 0 Å². The minimum Gasteiger partial charge on any atom is -0.311 e. The van der Waals surface area contributed by atoms with E-state index < -0.39 is 5.92 Å². The van der Waals surface area contributed by atoms with Crippen LogP contribution >= 0.6 is 0 Å². The molecule has 23 heavy (non-hydrogen) atoms. The van der Waals surface area contributed by atoms with Gasteiger partial charge in [0.1, 0.15) is 11.6 Å². The predicted molar refractivity (Wildman–Crippen MR) is 84.0 cm³/mol. The van der Waals surface area contributed by atoms with Crippen LogP contribution in [0.2, 0.25) is 0 Å². The van der Waals surface area contributed by atoms with Gasteiger partial charge in [0.25, 0.3) is 5.56 Å². The number of carbonyl (C=O) groups is 1. The maximum absolute atomic E-state index is 14.2. The molecule has 0 radical (unpaired) electrons. The third-order valence-electron chi connectivity index (χ3n) is 4.93. The van der Waals surface area contributed by atoms with Crippen molar-refractivity contribution in [3.05, 3.63) is 51.6 Å². The lowest BCUT2D eigenvalue weighted by Gasteiger charge is -2.25. The summed E-state index contributed by atoms with van der Waals surface area (Å²) in [4.78, 5) is 24.6. The number of H-pyrrole nitrogens is 1. The molecule has 2 heterocycles. The average Bonchev–Trinajstić information content (AvgIpc) is 3.15. The van der Waals surface area contributed by atoms with Crippen LogP contribution in [0.1, 0.15) is 55.2 Å². The molecule has 1 saturated carbocycles. The van der Waals surface area contributed by atoms with Crippen molar-refractivity contribution in [2.75, 3.05) is 5.32 Å². The van der Waals surface area contributed by atoms with E-state index in [1.165, 1.54) is 6.07 Å². The third kappa shape index (κ3) is 2.29. The molecule has 1 aromatic heterocycles. The van der Waals surface area contributed by atoms with Gasteiger partial charge < -0.3 is 5.32 Å². The highest BCUT2D eigenvalue weighted by Crippen LogP contribution is 2.39. The standard InChI is InChI=1S/C17H18FN3O2/c18-13-8-4-3-7-11(13)12-9-14(22)19-16-15(12)17(23)20-21(16)10-5-1-2-6-10/h3-4,7-8,10,12H,1-2,5-6,9H2,(H,19,22)(H,20,23)/t12-/m0/s1. The molecule has 0 saturated heterocycles. The molecule has 2 N–H and O–H groups in total. The Hall–Kier alpha value is -2.37. The van der Waals surface area contributed by atoms with E-state index >= 15 is 0 Å². The number of nitrogens with one attached hydrogen (secondary N) is 2. The van der Waals surface area contributed by atoms with Crippen molar-refractivity contribution in [2.24, 2.45) is 0 Å². The van der Waals surface area contributed by atoms with Crippen molar-refractivity contribution in [3.63, 3.8) is 0 Å². The number of nitrogens with zero attached hydrogens (tertiary/aromatic N) is 1. The van der Waals surface area contributed by atoms with Crippen LogP contribution in [-0.4, -0.2) is 15.7 Å². The zero-order valence-corrected chi connectivity index (χ0v) is 12.6. The van der Waals surface area contributed by atoms with Gasteiger partial charge >= 0.3 is 0 Å². The van der Waals surface area contributed by atoms with Crippen LogP contribution < -0.4 is 10.9 Å². The van der Waals surface area contributed by atoms with Crippen molar-refractivity contribution in [1.29, 1.82) is 0 Å². The maximum Gasteiger partial charge on any atom is 0.270 e. The van der Waals surface area contributed by atoms with Crippen LogP contribution in [0.15, 0.2) is 29.1 Å². The van der Waals surface area contributed by atoms with E-state index in [-0.39, 0.29) is 29.7 Å². The van der Waals surface area contributed by atoms with Crippen molar-refractivity contribution in [3.8, 4) is 0 Å². The maximum atomic E-state index is 14.2. The Morgan fingerprint density at radius 2 is 1.87 bits per heavy atom. The van der Waals surface area contributed by atoms with Gasteiger partial charge in [0, 0.05) is 12.3 Å². The number of aromatic nitrogens is 2. The van der Waals surface area contributed by atoms with E-state index in [2.05, 4.69) is 10.4 Å². The molecule has 0 unspecified atom stereocenters. The highest BCUT2D eigenvalue weighted by Gasteiger charge is 2.35. The van der Waals surface area contributed by atoms with Crippen LogP contribution in [0, 0.1) is 5.82 Å². The second kappa shape index (κ2) is 5.37. The number of anilines is 1. The smallest absolute Gasteiger partial charge is 0.270 e. The molecule has 1 aliphatic heterocycles. The van der Waals surface area contributed by atoms with Crippen molar-refractivity contribution in [2.45, 2.75) is 44.1 Å². The van der Waals surface area contributed by atoms with Gasteiger partial charge in [-0.1, -0.05) is 31.0 Å². The van der Waals surface area contributed by atoms with Crippen molar-refractivity contribution >= 4 is 11.7 Å². The Labute approximate surface area is 132 Å². The number of aromatic amines is 1. The Balaban J connectivity index is 1.86. The molecule has 2 aliphatic rings. The first-order chi connectivity index (χ1) is 11.1. The largest absolute Gasteiger partial charge is 0.311 e. The number of benzene rings is 1. The molecule has 1 atom stereocenters. The fourth-order valence-corrected chi connectivity index (χ4v) is 3.84. The minimum absolute atomic E-state index is 0.0890. The SMILES string of the molecule is O=C1C[C@@H](c2ccccc2F)c2c(n(C3CCCC3)[nH]c2=O)N1. The molecule has 2 aromatic rings. The molecule has 120 valence electrons. The Kier molecular flexibility index (Phi) is 3.32. The van der Waals surface area contributed by atoms with E-state index in [9.17, 15) is 14.0 Å². The second-order valence-corrected chi connectivity index (χ2v) is 6.34. The lowest BCUT2D eigenvalue weighted by Crippen LogP contribution is -2.27. The van der Waals surface area contributed by atoms with Crippen LogP contribution in [0.25, 0.3) is 0 Å². The molecule has 4 rings (SSSR count). The average molecular weight is 315 g/mol. The summed E-state index contributed by atoms with van der Waals surface area (Å²) in [6.07, 6.45) is 4.29. The van der Waals surface area contributed by atoms with E-state index in [1.54, 1.807) is 22.9 Å². The molecule has 0 bridgehead atoms. The van der Waals surface area contributed by atoms with Gasteiger partial charge in [-0.3, -0.25) is 19.4 Å². The highest BCUT2D eigenvalue weighted by atomic mass is 19.1. The molecule has 0 spiro atoms. The summed E-state index contributed by atoms with van der Waals surface area (Å²) in [5.41, 5.74) is 0.639. The highest BCUT2D eigenvalue weighted by molar-refractivity contribution is 5.94. The lowest BCUT2D eigenvalue weighted by molar-refractivity contribution is -0.116. The molecular weight excluding hydrogens is 297 g/mol. The molecule has 5 nitrogen and oxygen atoms in total. The number of hydrogen-bond donors (Lipinski definition) is 2. The van der Waals surface area contributed by atoms with Crippen molar-refractivity contribution in [1.82, 2.24) is 9.78 Å². The van der Waals surface area contributed by atoms with Crippen molar-refractivity contribution < 1.29 is 9.18 Å². The van der Waals surface area contributed by atoms with Crippen LogP contribution in [0.4, 0.5) is 10.2 Å². The number of carbonyl (C=O) groups excluding carboxylic acids is 1. The van der Waals surface area contributed by atoms with Crippen LogP contribution in [-0.2, 0) is 4.79 Å². The van der Waals surface area contributed by atoms with E-state index in [0.29, 0.717) is 16.9 Å². The Bertz CT molecular complexity index is 817. The monoisotopic (exact) mass is 315 g/mol. The van der Waals surface area contributed by atoms with Gasteiger partial charge in [-0.2, -0.15) is 0 Å². The minimum atomic E-state index is -0.536. The summed E-state index contributed by atoms with van der Waals surface area (Å²) >= 11 is 0. The second-order valence-electron chi connectivity index (χ2n) is 6.34. The summed E-state index contributed by atoms with van der Waals surface area (Å²) in [6.45, 7) is 0. The van der Waals surface area contributed by atoms with E-state index in [0.717, 1.165) is 25.7 Å². The molecular formula is C17H18FN3O2. The van der Waals surface area contributed by atoms with Gasteiger partial charge in [0.05, 0.1) is 11.6 Å². The summed E-state index contributed by atoms with van der Waals surface area (Å²) in [7, 11) is 0. The molecule has 1 fully saturated rings. The number of halogens is 1. The zero-order valence-electron chi connectivity index (χ0n) is 12.6. The molecule has 1 aliphatic carbocycles. The summed E-state index contributed by atoms with van der Waals surface area (Å²) in [6, 6.07) is 6.55. The summed E-state index contributed by atoms with van der Waals surface area (Å²) in [5.74, 6) is -0.583. The predicted octanol–water partition coefficient (Wildman–Crippen LogP) is 2.90. The first-order valence-corrected chi connectivity index (χ1v) is 8.04. The topological polar surface area (TPSA) is 66.9 Å². The summed E-state index contributed by atoms with van der Waals surface area (Å²) in [5, 5.41) is 5.68. The molecule has 1 amide bonds. The summed E-state index contributed by atoms with van der Waals surface area (Å²) < 4.78 is 16.0. The molecule has 6 heteroatoms. The van der Waals surface area contributed by atoms with Gasteiger partial charge in [0.2, 0.25) is 5.91 Å². The Morgan fingerprint density at radius 3 is 2.61 bits per heavy atom. The van der Waals surface area contributed by atoms with Gasteiger partial charge in [-0.25, -0.2) is 4.39 Å². The fourth-order valence-electron chi connectivity index (χ4n) is 3.84. The first-order valence-electron chi connectivity index (χ1n) is 8.04.